The van der Waals surface area contributed by atoms with Crippen molar-refractivity contribution in [1.82, 2.24) is 0 Å². The number of hydrogen-bond donors (Lipinski definition) is 0. The van der Waals surface area contributed by atoms with Gasteiger partial charge in [0.1, 0.15) is 5.02 Å². The summed E-state index contributed by atoms with van der Waals surface area (Å²) in [6.07, 6.45) is 0. The van der Waals surface area contributed by atoms with Gasteiger partial charge in [0.05, 0.1) is 15.9 Å². The van der Waals surface area contributed by atoms with E-state index in [0.717, 1.165) is 6.07 Å². The van der Waals surface area contributed by atoms with Crippen molar-refractivity contribution in [1.29, 1.82) is 0 Å². The third-order valence-corrected chi connectivity index (χ3v) is 2.93. The zero-order chi connectivity index (χ0) is 14.0. The molecule has 0 bridgehead atoms. The molecule has 0 radical (unpaired) electrons. The molecule has 0 fully saturated rings. The molecular formula is C12H7ClN2O4. The number of hydrogen-bond acceptors (Lipinski definition) is 4. The number of benzene rings is 2. The Hall–Kier alpha value is -2.47. The van der Waals surface area contributed by atoms with E-state index in [0.29, 0.717) is 5.56 Å². The Labute approximate surface area is 112 Å². The van der Waals surface area contributed by atoms with Crippen LogP contribution in [-0.2, 0) is 0 Å². The number of nitrogens with zero attached hydrogens (tertiary/aromatic N) is 2. The third-order valence-electron chi connectivity index (χ3n) is 2.53. The number of non-ortho nitro benzene ring substituents is 1. The van der Waals surface area contributed by atoms with Crippen LogP contribution in [0.5, 0.6) is 0 Å². The van der Waals surface area contributed by atoms with Crippen molar-refractivity contribution in [2.24, 2.45) is 0 Å². The van der Waals surface area contributed by atoms with Gasteiger partial charge in [0.15, 0.2) is 0 Å². The first kappa shape index (κ1) is 13.0. The topological polar surface area (TPSA) is 86.3 Å². The quantitative estimate of drug-likeness (QED) is 0.631. The van der Waals surface area contributed by atoms with Crippen molar-refractivity contribution in [2.45, 2.75) is 0 Å². The van der Waals surface area contributed by atoms with Crippen LogP contribution in [0.15, 0.2) is 42.5 Å². The van der Waals surface area contributed by atoms with Gasteiger partial charge >= 0.3 is 0 Å². The Morgan fingerprint density at radius 1 is 0.947 bits per heavy atom. The van der Waals surface area contributed by atoms with E-state index in [4.69, 9.17) is 11.6 Å². The van der Waals surface area contributed by atoms with E-state index in [-0.39, 0.29) is 16.3 Å². The molecule has 0 unspecified atom stereocenters. The van der Waals surface area contributed by atoms with Gasteiger partial charge in [-0.05, 0) is 5.56 Å². The molecular weight excluding hydrogens is 272 g/mol. The summed E-state index contributed by atoms with van der Waals surface area (Å²) in [5.74, 6) is 0. The fourth-order valence-corrected chi connectivity index (χ4v) is 1.95. The lowest BCUT2D eigenvalue weighted by Crippen LogP contribution is -1.95. The second-order valence-corrected chi connectivity index (χ2v) is 4.08. The minimum atomic E-state index is -0.734. The van der Waals surface area contributed by atoms with Crippen molar-refractivity contribution in [2.75, 3.05) is 0 Å². The van der Waals surface area contributed by atoms with Gasteiger partial charge in [-0.3, -0.25) is 20.2 Å². The predicted octanol–water partition coefficient (Wildman–Crippen LogP) is 3.82. The maximum atomic E-state index is 10.9. The van der Waals surface area contributed by atoms with Gasteiger partial charge < -0.3 is 0 Å². The summed E-state index contributed by atoms with van der Waals surface area (Å²) in [5, 5.41) is 21.6. The first-order valence-electron chi connectivity index (χ1n) is 5.18. The average Bonchev–Trinajstić information content (AvgIpc) is 2.39. The highest BCUT2D eigenvalue weighted by atomic mass is 35.5. The molecule has 0 saturated carbocycles. The smallest absolute Gasteiger partial charge is 0.258 e. The van der Waals surface area contributed by atoms with Crippen molar-refractivity contribution >= 4 is 23.0 Å². The van der Waals surface area contributed by atoms with Crippen LogP contribution in [-0.4, -0.2) is 9.85 Å². The molecule has 0 aromatic heterocycles. The summed E-state index contributed by atoms with van der Waals surface area (Å²) >= 11 is 5.95. The summed E-state index contributed by atoms with van der Waals surface area (Å²) in [6.45, 7) is 0. The van der Waals surface area contributed by atoms with Crippen LogP contribution < -0.4 is 0 Å². The molecule has 0 aliphatic rings. The number of halogens is 1. The lowest BCUT2D eigenvalue weighted by molar-refractivity contribution is -0.394. The van der Waals surface area contributed by atoms with E-state index in [2.05, 4.69) is 0 Å². The van der Waals surface area contributed by atoms with E-state index >= 15 is 0 Å². The first-order chi connectivity index (χ1) is 9.00. The Bertz CT molecular complexity index is 658. The molecule has 0 aliphatic carbocycles. The van der Waals surface area contributed by atoms with Crippen LogP contribution in [0.1, 0.15) is 0 Å². The van der Waals surface area contributed by atoms with E-state index < -0.39 is 15.5 Å². The molecule has 0 amide bonds. The molecule has 7 heteroatoms. The summed E-state index contributed by atoms with van der Waals surface area (Å²) in [6, 6.07) is 10.6. The van der Waals surface area contributed by atoms with Gasteiger partial charge in [-0.2, -0.15) is 0 Å². The van der Waals surface area contributed by atoms with Gasteiger partial charge in [-0.15, -0.1) is 0 Å². The molecule has 6 nitrogen and oxygen atoms in total. The van der Waals surface area contributed by atoms with Crippen LogP contribution in [0.25, 0.3) is 11.1 Å². The summed E-state index contributed by atoms with van der Waals surface area (Å²) in [5.41, 5.74) is 0.00661. The molecule has 2 aromatic rings. The van der Waals surface area contributed by atoms with Gasteiger partial charge in [0.25, 0.3) is 11.4 Å². The second-order valence-electron chi connectivity index (χ2n) is 3.71. The SMILES string of the molecule is O=[N+]([O-])c1cc(-c2ccccc2)c(Cl)c([N+](=O)[O-])c1. The Morgan fingerprint density at radius 2 is 1.58 bits per heavy atom. The van der Waals surface area contributed by atoms with Gasteiger partial charge in [0.2, 0.25) is 0 Å². The maximum Gasteiger partial charge on any atom is 0.295 e. The van der Waals surface area contributed by atoms with Crippen LogP contribution in [0.4, 0.5) is 11.4 Å². The first-order valence-corrected chi connectivity index (χ1v) is 5.56. The molecule has 0 saturated heterocycles. The molecule has 0 spiro atoms. The molecule has 0 aliphatic heterocycles. The Kier molecular flexibility index (Phi) is 3.43. The Balaban J connectivity index is 2.73. The number of rotatable bonds is 3. The van der Waals surface area contributed by atoms with Crippen LogP contribution in [0, 0.1) is 20.2 Å². The fourth-order valence-electron chi connectivity index (χ4n) is 1.66. The third kappa shape index (κ3) is 2.53. The molecule has 0 atom stereocenters. The van der Waals surface area contributed by atoms with Crippen molar-refractivity contribution in [3.8, 4) is 11.1 Å². The lowest BCUT2D eigenvalue weighted by Gasteiger charge is -2.05. The van der Waals surface area contributed by atoms with E-state index in [1.54, 1.807) is 30.3 Å². The fraction of sp³-hybridized carbons (Fsp3) is 0. The summed E-state index contributed by atoms with van der Waals surface area (Å²) in [4.78, 5) is 20.3. The minimum absolute atomic E-state index is 0.109. The van der Waals surface area contributed by atoms with Crippen molar-refractivity contribution in [3.63, 3.8) is 0 Å². The van der Waals surface area contributed by atoms with Gasteiger partial charge in [0, 0.05) is 11.6 Å². The molecule has 0 heterocycles. The maximum absolute atomic E-state index is 10.9. The number of nitro groups is 2. The zero-order valence-electron chi connectivity index (χ0n) is 9.45. The summed E-state index contributed by atoms with van der Waals surface area (Å²) in [7, 11) is 0. The largest absolute Gasteiger partial charge is 0.295 e. The van der Waals surface area contributed by atoms with Gasteiger partial charge in [-0.25, -0.2) is 0 Å². The minimum Gasteiger partial charge on any atom is -0.258 e. The monoisotopic (exact) mass is 278 g/mol. The van der Waals surface area contributed by atoms with Crippen LogP contribution >= 0.6 is 11.6 Å². The van der Waals surface area contributed by atoms with Crippen LogP contribution in [0.3, 0.4) is 0 Å². The Morgan fingerprint density at radius 3 is 2.11 bits per heavy atom. The molecule has 0 N–H and O–H groups in total. The normalized spacial score (nSPS) is 10.2. The van der Waals surface area contributed by atoms with E-state index in [1.165, 1.54) is 6.07 Å². The standard InChI is InChI=1S/C12H7ClN2O4/c13-12-10(8-4-2-1-3-5-8)6-9(14(16)17)7-11(12)15(18)19/h1-7H. The lowest BCUT2D eigenvalue weighted by atomic mass is 10.0. The molecule has 2 rings (SSSR count). The average molecular weight is 279 g/mol. The predicted molar refractivity (Wildman–Crippen MR) is 70.2 cm³/mol. The number of nitro benzene ring substituents is 2. The highest BCUT2D eigenvalue weighted by Gasteiger charge is 2.23. The van der Waals surface area contributed by atoms with E-state index in [1.807, 2.05) is 0 Å². The second kappa shape index (κ2) is 5.03. The highest BCUT2D eigenvalue weighted by molar-refractivity contribution is 6.35. The van der Waals surface area contributed by atoms with Gasteiger partial charge in [-0.1, -0.05) is 41.9 Å². The molecule has 96 valence electrons. The summed E-state index contributed by atoms with van der Waals surface area (Å²) < 4.78 is 0. The van der Waals surface area contributed by atoms with Crippen molar-refractivity contribution < 1.29 is 9.85 Å². The van der Waals surface area contributed by atoms with Crippen LogP contribution in [0.2, 0.25) is 5.02 Å². The molecule has 2 aromatic carbocycles. The van der Waals surface area contributed by atoms with Crippen molar-refractivity contribution in [3.05, 3.63) is 67.7 Å². The zero-order valence-corrected chi connectivity index (χ0v) is 10.2. The molecule has 19 heavy (non-hydrogen) atoms. The van der Waals surface area contributed by atoms with E-state index in [9.17, 15) is 20.2 Å². The highest BCUT2D eigenvalue weighted by Crippen LogP contribution is 2.38.